The third-order valence-corrected chi connectivity index (χ3v) is 5.61. The quantitative estimate of drug-likeness (QED) is 0.859. The number of nitrogens with zero attached hydrogens (tertiary/aromatic N) is 5. The molecule has 2 fully saturated rings. The summed E-state index contributed by atoms with van der Waals surface area (Å²) in [6.45, 7) is 4.69. The van der Waals surface area contributed by atoms with Gasteiger partial charge >= 0.3 is 0 Å². The van der Waals surface area contributed by atoms with Gasteiger partial charge in [-0.1, -0.05) is 11.3 Å². The Kier molecular flexibility index (Phi) is 3.88. The Morgan fingerprint density at radius 3 is 2.61 bits per heavy atom. The van der Waals surface area contributed by atoms with Crippen LogP contribution in [0.1, 0.15) is 42.3 Å². The summed E-state index contributed by atoms with van der Waals surface area (Å²) in [5, 5.41) is 14.9. The van der Waals surface area contributed by atoms with E-state index >= 15 is 0 Å². The first-order valence-corrected chi connectivity index (χ1v) is 9.14. The summed E-state index contributed by atoms with van der Waals surface area (Å²) >= 11 is 1.65. The number of anilines is 1. The molecule has 3 heterocycles. The van der Waals surface area contributed by atoms with E-state index in [1.54, 1.807) is 22.1 Å². The third-order valence-electron chi connectivity index (χ3n) is 4.71. The average Bonchev–Trinajstić information content (AvgIpc) is 3.32. The lowest BCUT2D eigenvalue weighted by Crippen LogP contribution is -2.36. The number of hydrogen-bond acceptors (Lipinski definition) is 6. The molecule has 0 amide bonds. The number of hydrogen-bond donors (Lipinski definition) is 0. The molecule has 0 aromatic carbocycles. The highest BCUT2D eigenvalue weighted by atomic mass is 32.1. The zero-order valence-electron chi connectivity index (χ0n) is 13.3. The highest BCUT2D eigenvalue weighted by molar-refractivity contribution is 7.15. The zero-order valence-corrected chi connectivity index (χ0v) is 14.1. The monoisotopic (exact) mass is 331 g/mol. The SMILES string of the molecule is Cc1nnc(N2CCC(Cn3nc(C4CC4)ccc3=O)CC2)s1. The van der Waals surface area contributed by atoms with Crippen LogP contribution in [0, 0.1) is 12.8 Å². The molecule has 0 atom stereocenters. The molecule has 0 radical (unpaired) electrons. The predicted molar refractivity (Wildman–Crippen MR) is 90.1 cm³/mol. The van der Waals surface area contributed by atoms with Gasteiger partial charge < -0.3 is 4.90 Å². The lowest BCUT2D eigenvalue weighted by Gasteiger charge is -2.31. The number of aryl methyl sites for hydroxylation is 1. The van der Waals surface area contributed by atoms with Crippen molar-refractivity contribution in [2.75, 3.05) is 18.0 Å². The maximum absolute atomic E-state index is 12.1. The minimum atomic E-state index is 0.0246. The Balaban J connectivity index is 1.39. The van der Waals surface area contributed by atoms with E-state index in [2.05, 4.69) is 20.2 Å². The summed E-state index contributed by atoms with van der Waals surface area (Å²) in [4.78, 5) is 14.4. The van der Waals surface area contributed by atoms with Crippen molar-refractivity contribution in [3.8, 4) is 0 Å². The van der Waals surface area contributed by atoms with Gasteiger partial charge in [0.15, 0.2) is 0 Å². The van der Waals surface area contributed by atoms with Crippen LogP contribution >= 0.6 is 11.3 Å². The van der Waals surface area contributed by atoms with Crippen molar-refractivity contribution in [1.29, 1.82) is 0 Å². The maximum atomic E-state index is 12.1. The molecule has 0 unspecified atom stereocenters. The van der Waals surface area contributed by atoms with Crippen LogP contribution < -0.4 is 10.5 Å². The van der Waals surface area contributed by atoms with Crippen LogP contribution in [0.4, 0.5) is 5.13 Å². The highest BCUT2D eigenvalue weighted by Crippen LogP contribution is 2.38. The number of aromatic nitrogens is 4. The Morgan fingerprint density at radius 2 is 1.96 bits per heavy atom. The van der Waals surface area contributed by atoms with Gasteiger partial charge in [0.25, 0.3) is 5.56 Å². The smallest absolute Gasteiger partial charge is 0.266 e. The molecular weight excluding hydrogens is 310 g/mol. The third kappa shape index (κ3) is 3.29. The molecule has 2 aromatic rings. The van der Waals surface area contributed by atoms with Gasteiger partial charge in [0.1, 0.15) is 5.01 Å². The molecule has 4 rings (SSSR count). The minimum Gasteiger partial charge on any atom is -0.347 e. The van der Waals surface area contributed by atoms with Crippen molar-refractivity contribution in [1.82, 2.24) is 20.0 Å². The van der Waals surface area contributed by atoms with E-state index < -0.39 is 0 Å². The van der Waals surface area contributed by atoms with E-state index in [4.69, 9.17) is 0 Å². The van der Waals surface area contributed by atoms with Gasteiger partial charge in [0.05, 0.1) is 5.69 Å². The van der Waals surface area contributed by atoms with Crippen molar-refractivity contribution in [2.24, 2.45) is 5.92 Å². The molecule has 6 nitrogen and oxygen atoms in total. The maximum Gasteiger partial charge on any atom is 0.266 e. The van der Waals surface area contributed by atoms with E-state index in [0.29, 0.717) is 11.8 Å². The molecule has 7 heteroatoms. The van der Waals surface area contributed by atoms with Crippen LogP contribution in [0.2, 0.25) is 0 Å². The molecule has 122 valence electrons. The lowest BCUT2D eigenvalue weighted by molar-refractivity contribution is 0.333. The molecule has 1 aliphatic carbocycles. The van der Waals surface area contributed by atoms with Gasteiger partial charge in [-0.3, -0.25) is 4.79 Å². The summed E-state index contributed by atoms with van der Waals surface area (Å²) in [5.41, 5.74) is 1.11. The fourth-order valence-electron chi connectivity index (χ4n) is 3.16. The minimum absolute atomic E-state index is 0.0246. The fraction of sp³-hybridized carbons (Fsp3) is 0.625. The molecule has 1 saturated carbocycles. The summed E-state index contributed by atoms with van der Waals surface area (Å²) in [6.07, 6.45) is 4.57. The summed E-state index contributed by atoms with van der Waals surface area (Å²) in [6, 6.07) is 3.58. The molecule has 1 saturated heterocycles. The van der Waals surface area contributed by atoms with Gasteiger partial charge in [-0.25, -0.2) is 4.68 Å². The van der Waals surface area contributed by atoms with E-state index in [9.17, 15) is 4.79 Å². The standard InChI is InChI=1S/C16H21N5OS/c1-11-17-18-16(23-11)20-8-6-12(7-9-20)10-21-15(22)5-4-14(19-21)13-2-3-13/h4-5,12-13H,2-3,6-10H2,1H3. The second-order valence-electron chi connectivity index (χ2n) is 6.59. The lowest BCUT2D eigenvalue weighted by atomic mass is 9.97. The van der Waals surface area contributed by atoms with Gasteiger partial charge in [-0.05, 0) is 44.6 Å². The van der Waals surface area contributed by atoms with Crippen LogP contribution in [0.5, 0.6) is 0 Å². The van der Waals surface area contributed by atoms with Crippen molar-refractivity contribution in [3.05, 3.63) is 33.2 Å². The van der Waals surface area contributed by atoms with E-state index in [-0.39, 0.29) is 5.56 Å². The van der Waals surface area contributed by atoms with Crippen LogP contribution in [0.15, 0.2) is 16.9 Å². The molecule has 1 aliphatic heterocycles. The zero-order chi connectivity index (χ0) is 15.8. The predicted octanol–water partition coefficient (Wildman–Crippen LogP) is 2.20. The molecule has 0 spiro atoms. The Hall–Kier alpha value is -1.76. The molecule has 2 aliphatic rings. The normalized spacial score (nSPS) is 19.3. The molecule has 23 heavy (non-hydrogen) atoms. The Bertz CT molecular complexity index is 743. The van der Waals surface area contributed by atoms with Crippen molar-refractivity contribution in [2.45, 2.75) is 45.1 Å². The molecule has 0 N–H and O–H groups in total. The summed E-state index contributed by atoms with van der Waals surface area (Å²) in [7, 11) is 0. The van der Waals surface area contributed by atoms with Crippen LogP contribution in [-0.4, -0.2) is 33.1 Å². The topological polar surface area (TPSA) is 63.9 Å². The number of piperidine rings is 1. The van der Waals surface area contributed by atoms with Crippen molar-refractivity contribution in [3.63, 3.8) is 0 Å². The Morgan fingerprint density at radius 1 is 1.17 bits per heavy atom. The summed E-state index contributed by atoms with van der Waals surface area (Å²) in [5.74, 6) is 1.10. The highest BCUT2D eigenvalue weighted by Gasteiger charge is 2.26. The van der Waals surface area contributed by atoms with E-state index in [1.165, 1.54) is 12.8 Å². The molecule has 2 aromatic heterocycles. The first-order valence-electron chi connectivity index (χ1n) is 8.32. The van der Waals surface area contributed by atoms with E-state index in [1.807, 2.05) is 13.0 Å². The largest absolute Gasteiger partial charge is 0.347 e. The molecule has 0 bridgehead atoms. The second-order valence-corrected chi connectivity index (χ2v) is 7.75. The van der Waals surface area contributed by atoms with Crippen LogP contribution in [-0.2, 0) is 6.54 Å². The summed E-state index contributed by atoms with van der Waals surface area (Å²) < 4.78 is 1.68. The second kappa shape index (κ2) is 6.03. The van der Waals surface area contributed by atoms with Gasteiger partial charge in [-0.2, -0.15) is 5.10 Å². The van der Waals surface area contributed by atoms with Crippen molar-refractivity contribution >= 4 is 16.5 Å². The van der Waals surface area contributed by atoms with Gasteiger partial charge in [-0.15, -0.1) is 10.2 Å². The first kappa shape index (κ1) is 14.8. The first-order chi connectivity index (χ1) is 11.2. The fourth-order valence-corrected chi connectivity index (χ4v) is 3.90. The van der Waals surface area contributed by atoms with Gasteiger partial charge in [0.2, 0.25) is 5.13 Å². The number of rotatable bonds is 4. The molecular formula is C16H21N5OS. The van der Waals surface area contributed by atoms with Crippen LogP contribution in [0.25, 0.3) is 0 Å². The Labute approximate surface area is 139 Å². The van der Waals surface area contributed by atoms with Gasteiger partial charge in [0, 0.05) is 31.6 Å². The van der Waals surface area contributed by atoms with Crippen LogP contribution in [0.3, 0.4) is 0 Å². The van der Waals surface area contributed by atoms with E-state index in [0.717, 1.165) is 48.3 Å². The van der Waals surface area contributed by atoms with Crippen molar-refractivity contribution < 1.29 is 0 Å². The average molecular weight is 331 g/mol.